The second kappa shape index (κ2) is 6.30. The first-order valence-electron chi connectivity index (χ1n) is 7.66. The monoisotopic (exact) mass is 301 g/mol. The van der Waals surface area contributed by atoms with Crippen molar-refractivity contribution in [2.24, 2.45) is 7.05 Å². The van der Waals surface area contributed by atoms with E-state index in [4.69, 9.17) is 0 Å². The largest absolute Gasteiger partial charge is 0.336 e. The molecule has 1 amide bonds. The number of nitrogens with zero attached hydrogens (tertiary/aromatic N) is 3. The van der Waals surface area contributed by atoms with E-state index in [0.29, 0.717) is 12.8 Å². The second-order valence-corrected chi connectivity index (χ2v) is 5.82. The first-order chi connectivity index (χ1) is 10.6. The average Bonchev–Trinajstić information content (AvgIpc) is 3.13. The molecule has 0 spiro atoms. The highest BCUT2D eigenvalue weighted by Crippen LogP contribution is 2.32. The summed E-state index contributed by atoms with van der Waals surface area (Å²) in [4.78, 5) is 14.4. The van der Waals surface area contributed by atoms with E-state index in [2.05, 4.69) is 5.10 Å². The summed E-state index contributed by atoms with van der Waals surface area (Å²) in [5.74, 6) is -0.109. The summed E-state index contributed by atoms with van der Waals surface area (Å²) in [5.41, 5.74) is 1.96. The Hall–Kier alpha value is -2.17. The lowest BCUT2D eigenvalue weighted by Crippen LogP contribution is -2.30. The molecule has 0 aliphatic carbocycles. The predicted molar refractivity (Wildman–Crippen MR) is 81.6 cm³/mol. The maximum absolute atomic E-state index is 13.4. The van der Waals surface area contributed by atoms with E-state index in [9.17, 15) is 9.18 Å². The van der Waals surface area contributed by atoms with Gasteiger partial charge < -0.3 is 4.90 Å². The number of aryl methyl sites for hydroxylation is 2. The minimum Gasteiger partial charge on any atom is -0.336 e. The normalized spacial score (nSPS) is 17.9. The van der Waals surface area contributed by atoms with Gasteiger partial charge in [-0.25, -0.2) is 4.39 Å². The zero-order valence-corrected chi connectivity index (χ0v) is 12.7. The number of likely N-dealkylation sites (tertiary alicyclic amines) is 1. The predicted octanol–water partition coefficient (Wildman–Crippen LogP) is 2.86. The maximum Gasteiger partial charge on any atom is 0.223 e. The molecule has 1 unspecified atom stereocenters. The third kappa shape index (κ3) is 3.18. The van der Waals surface area contributed by atoms with E-state index in [0.717, 1.165) is 30.5 Å². The molecule has 0 radical (unpaired) electrons. The minimum absolute atomic E-state index is 0.0112. The van der Waals surface area contributed by atoms with Crippen molar-refractivity contribution >= 4 is 5.91 Å². The van der Waals surface area contributed by atoms with Crippen LogP contribution in [0.2, 0.25) is 0 Å². The topological polar surface area (TPSA) is 38.1 Å². The van der Waals surface area contributed by atoms with Crippen molar-refractivity contribution in [3.63, 3.8) is 0 Å². The fourth-order valence-corrected chi connectivity index (χ4v) is 3.12. The number of hydrogen-bond donors (Lipinski definition) is 0. The lowest BCUT2D eigenvalue weighted by Gasteiger charge is -2.25. The molecule has 2 heterocycles. The molecule has 4 nitrogen and oxygen atoms in total. The summed E-state index contributed by atoms with van der Waals surface area (Å²) in [7, 11) is 1.87. The summed E-state index contributed by atoms with van der Waals surface area (Å²) in [6.45, 7) is 0.757. The first kappa shape index (κ1) is 14.8. The molecule has 1 aromatic carbocycles. The highest BCUT2D eigenvalue weighted by molar-refractivity contribution is 5.77. The van der Waals surface area contributed by atoms with Gasteiger partial charge in [0, 0.05) is 26.2 Å². The van der Waals surface area contributed by atoms with Crippen LogP contribution in [0.5, 0.6) is 0 Å². The molecule has 1 aliphatic heterocycles. The van der Waals surface area contributed by atoms with Crippen LogP contribution in [0.15, 0.2) is 36.7 Å². The smallest absolute Gasteiger partial charge is 0.223 e. The summed E-state index contributed by atoms with van der Waals surface area (Å²) < 4.78 is 15.1. The summed E-state index contributed by atoms with van der Waals surface area (Å²) in [6, 6.07) is 6.60. The van der Waals surface area contributed by atoms with Gasteiger partial charge in [0.25, 0.3) is 0 Å². The lowest BCUT2D eigenvalue weighted by atomic mass is 10.0. The molecule has 1 atom stereocenters. The Morgan fingerprint density at radius 2 is 2.32 bits per heavy atom. The Morgan fingerprint density at radius 1 is 1.45 bits per heavy atom. The highest BCUT2D eigenvalue weighted by atomic mass is 19.1. The van der Waals surface area contributed by atoms with Gasteiger partial charge in [0.2, 0.25) is 5.91 Å². The van der Waals surface area contributed by atoms with Crippen molar-refractivity contribution in [1.29, 1.82) is 0 Å². The summed E-state index contributed by atoms with van der Waals surface area (Å²) >= 11 is 0. The highest BCUT2D eigenvalue weighted by Gasteiger charge is 2.29. The second-order valence-electron chi connectivity index (χ2n) is 5.82. The Morgan fingerprint density at radius 3 is 3.05 bits per heavy atom. The van der Waals surface area contributed by atoms with Crippen LogP contribution in [0.25, 0.3) is 0 Å². The SMILES string of the molecule is Cn1cc(CCC(=O)N2CCCC2c2cccc(F)c2)cn1. The molecule has 1 aromatic heterocycles. The number of amides is 1. The third-order valence-electron chi connectivity index (χ3n) is 4.19. The van der Waals surface area contributed by atoms with Gasteiger partial charge in [-0.3, -0.25) is 9.48 Å². The molecule has 5 heteroatoms. The molecule has 116 valence electrons. The van der Waals surface area contributed by atoms with E-state index in [1.807, 2.05) is 24.2 Å². The van der Waals surface area contributed by atoms with Crippen molar-refractivity contribution in [1.82, 2.24) is 14.7 Å². The fourth-order valence-electron chi connectivity index (χ4n) is 3.12. The number of carbonyl (C=O) groups is 1. The molecule has 22 heavy (non-hydrogen) atoms. The van der Waals surface area contributed by atoms with Crippen molar-refractivity contribution in [3.8, 4) is 0 Å². The van der Waals surface area contributed by atoms with Crippen LogP contribution in [0.3, 0.4) is 0 Å². The van der Waals surface area contributed by atoms with Crippen molar-refractivity contribution in [2.45, 2.75) is 31.7 Å². The molecular weight excluding hydrogens is 281 g/mol. The Balaban J connectivity index is 1.66. The van der Waals surface area contributed by atoms with Gasteiger partial charge in [-0.15, -0.1) is 0 Å². The first-order valence-corrected chi connectivity index (χ1v) is 7.66. The van der Waals surface area contributed by atoms with Crippen LogP contribution in [0.1, 0.15) is 36.4 Å². The van der Waals surface area contributed by atoms with Gasteiger partial charge in [0.1, 0.15) is 5.82 Å². The van der Waals surface area contributed by atoms with E-state index in [1.54, 1.807) is 16.9 Å². The molecule has 2 aromatic rings. The van der Waals surface area contributed by atoms with E-state index in [1.165, 1.54) is 12.1 Å². The van der Waals surface area contributed by atoms with E-state index in [-0.39, 0.29) is 17.8 Å². The Kier molecular flexibility index (Phi) is 4.22. The number of hydrogen-bond acceptors (Lipinski definition) is 2. The van der Waals surface area contributed by atoms with Crippen molar-refractivity contribution < 1.29 is 9.18 Å². The van der Waals surface area contributed by atoms with E-state index < -0.39 is 0 Å². The molecule has 3 rings (SSSR count). The zero-order valence-electron chi connectivity index (χ0n) is 12.7. The number of aromatic nitrogens is 2. The molecule has 0 N–H and O–H groups in total. The number of benzene rings is 1. The van der Waals surface area contributed by atoms with Gasteiger partial charge in [-0.2, -0.15) is 5.10 Å². The van der Waals surface area contributed by atoms with Gasteiger partial charge in [0.15, 0.2) is 0 Å². The van der Waals surface area contributed by atoms with E-state index >= 15 is 0 Å². The molecular formula is C17H20FN3O. The summed E-state index contributed by atoms with van der Waals surface area (Å²) in [5, 5.41) is 4.11. The molecule has 0 bridgehead atoms. The van der Waals surface area contributed by atoms with Crippen LogP contribution < -0.4 is 0 Å². The number of carbonyl (C=O) groups excluding carboxylic acids is 1. The molecule has 1 fully saturated rings. The maximum atomic E-state index is 13.4. The third-order valence-corrected chi connectivity index (χ3v) is 4.19. The molecule has 1 saturated heterocycles. The van der Waals surface area contributed by atoms with Gasteiger partial charge in [-0.05, 0) is 42.5 Å². The Bertz CT molecular complexity index is 667. The quantitative estimate of drug-likeness (QED) is 0.871. The molecule has 0 saturated carbocycles. The number of halogens is 1. The van der Waals surface area contributed by atoms with Crippen LogP contribution in [0, 0.1) is 5.82 Å². The lowest BCUT2D eigenvalue weighted by molar-refractivity contribution is -0.132. The average molecular weight is 301 g/mol. The summed E-state index contributed by atoms with van der Waals surface area (Å²) in [6.07, 6.45) is 6.76. The fraction of sp³-hybridized carbons (Fsp3) is 0.412. The minimum atomic E-state index is -0.243. The van der Waals surface area contributed by atoms with Crippen molar-refractivity contribution in [3.05, 3.63) is 53.6 Å². The van der Waals surface area contributed by atoms with Gasteiger partial charge in [0.05, 0.1) is 12.2 Å². The molecule has 1 aliphatic rings. The van der Waals surface area contributed by atoms with Crippen LogP contribution in [-0.2, 0) is 18.3 Å². The van der Waals surface area contributed by atoms with Crippen molar-refractivity contribution in [2.75, 3.05) is 6.54 Å². The van der Waals surface area contributed by atoms with Crippen LogP contribution in [-0.4, -0.2) is 27.1 Å². The zero-order chi connectivity index (χ0) is 15.5. The van der Waals surface area contributed by atoms with Gasteiger partial charge >= 0.3 is 0 Å². The number of rotatable bonds is 4. The van der Waals surface area contributed by atoms with Crippen LogP contribution in [0.4, 0.5) is 4.39 Å². The standard InChI is InChI=1S/C17H20FN3O/c1-20-12-13(11-19-20)7-8-17(22)21-9-3-6-16(21)14-4-2-5-15(18)10-14/h2,4-5,10-12,16H,3,6-9H2,1H3. The van der Waals surface area contributed by atoms with Gasteiger partial charge in [-0.1, -0.05) is 12.1 Å². The van der Waals surface area contributed by atoms with Crippen LogP contribution >= 0.6 is 0 Å². The Labute approximate surface area is 129 Å².